The Morgan fingerprint density at radius 3 is 2.47 bits per heavy atom. The number of carbonyl (C=O) groups excluding carboxylic acids is 1. The highest BCUT2D eigenvalue weighted by Gasteiger charge is 2.41. The average Bonchev–Trinajstić information content (AvgIpc) is 2.57. The van der Waals surface area contributed by atoms with Crippen LogP contribution in [0.4, 0.5) is 14.5 Å². The number of carbonyl (C=O) groups is 1. The normalized spacial score (nSPS) is 30.4. The fraction of sp³-hybridized carbons (Fsp3) is 0.538. The molecule has 1 fully saturated rings. The zero-order valence-corrected chi connectivity index (χ0v) is 11.0. The third-order valence-corrected chi connectivity index (χ3v) is 3.62. The molecule has 2 heterocycles. The van der Waals surface area contributed by atoms with Gasteiger partial charge in [-0.3, -0.25) is 4.79 Å². The highest BCUT2D eigenvalue weighted by atomic mass is 19.1. The van der Waals surface area contributed by atoms with Crippen molar-refractivity contribution in [3.8, 4) is 0 Å². The third kappa shape index (κ3) is 2.73. The first-order valence-electron chi connectivity index (χ1n) is 6.18. The maximum absolute atomic E-state index is 13.4. The topological polar surface area (TPSA) is 51.2 Å². The van der Waals surface area contributed by atoms with Gasteiger partial charge in [-0.15, -0.1) is 0 Å². The Morgan fingerprint density at radius 1 is 1.26 bits per heavy atom. The predicted molar refractivity (Wildman–Crippen MR) is 65.4 cm³/mol. The maximum atomic E-state index is 13.4. The van der Waals surface area contributed by atoms with Crippen LogP contribution in [-0.4, -0.2) is 23.1 Å². The molecule has 0 spiro atoms. The predicted octanol–water partition coefficient (Wildman–Crippen LogP) is 2.36. The van der Waals surface area contributed by atoms with Gasteiger partial charge in [0.1, 0.15) is 0 Å². The summed E-state index contributed by atoms with van der Waals surface area (Å²) < 4.78 is 31.6. The largest absolute Gasteiger partial charge is 0.374 e. The summed E-state index contributed by atoms with van der Waals surface area (Å²) in [6.45, 7) is 5.62. The number of pyridine rings is 1. The van der Waals surface area contributed by atoms with Crippen LogP contribution >= 0.6 is 0 Å². The van der Waals surface area contributed by atoms with Crippen LogP contribution in [0.25, 0.3) is 0 Å². The summed E-state index contributed by atoms with van der Waals surface area (Å²) in [6, 6.07) is 2.16. The van der Waals surface area contributed by atoms with E-state index in [4.69, 9.17) is 4.74 Å². The Bertz CT molecular complexity index is 496. The second-order valence-electron chi connectivity index (χ2n) is 4.89. The molecule has 1 N–H and O–H groups in total. The monoisotopic (exact) mass is 270 g/mol. The van der Waals surface area contributed by atoms with Crippen LogP contribution in [0.2, 0.25) is 0 Å². The molecule has 19 heavy (non-hydrogen) atoms. The van der Waals surface area contributed by atoms with Gasteiger partial charge in [0.25, 0.3) is 0 Å². The van der Waals surface area contributed by atoms with Gasteiger partial charge >= 0.3 is 0 Å². The first-order valence-corrected chi connectivity index (χ1v) is 6.18. The number of nitrogens with one attached hydrogen (secondary N) is 1. The van der Waals surface area contributed by atoms with Crippen molar-refractivity contribution >= 4 is 11.6 Å². The molecule has 1 saturated heterocycles. The minimum absolute atomic E-state index is 0.0260. The van der Waals surface area contributed by atoms with E-state index in [1.165, 1.54) is 0 Å². The number of rotatable bonds is 2. The molecular weight excluding hydrogens is 254 g/mol. The van der Waals surface area contributed by atoms with Crippen LogP contribution in [0.1, 0.15) is 20.8 Å². The Labute approximate surface area is 110 Å². The highest BCUT2D eigenvalue weighted by Crippen LogP contribution is 2.33. The summed E-state index contributed by atoms with van der Waals surface area (Å²) >= 11 is 0. The molecule has 104 valence electrons. The van der Waals surface area contributed by atoms with Crippen molar-refractivity contribution in [3.05, 3.63) is 24.0 Å². The van der Waals surface area contributed by atoms with Crippen LogP contribution in [0.5, 0.6) is 0 Å². The lowest BCUT2D eigenvalue weighted by Gasteiger charge is -2.17. The van der Waals surface area contributed by atoms with Gasteiger partial charge in [-0.2, -0.15) is 13.8 Å². The lowest BCUT2D eigenvalue weighted by molar-refractivity contribution is -0.122. The summed E-state index contributed by atoms with van der Waals surface area (Å²) in [5.74, 6) is -2.61. The molecule has 4 unspecified atom stereocenters. The molecule has 0 bridgehead atoms. The molecule has 0 aromatic carbocycles. The zero-order chi connectivity index (χ0) is 14.2. The van der Waals surface area contributed by atoms with Crippen molar-refractivity contribution < 1.29 is 18.3 Å². The van der Waals surface area contributed by atoms with Crippen molar-refractivity contribution in [3.63, 3.8) is 0 Å². The second-order valence-corrected chi connectivity index (χ2v) is 4.89. The Balaban J connectivity index is 2.13. The van der Waals surface area contributed by atoms with Crippen molar-refractivity contribution in [2.24, 2.45) is 11.8 Å². The van der Waals surface area contributed by atoms with E-state index in [1.54, 1.807) is 0 Å². The van der Waals surface area contributed by atoms with Crippen LogP contribution < -0.4 is 5.32 Å². The van der Waals surface area contributed by atoms with Crippen molar-refractivity contribution in [2.45, 2.75) is 33.0 Å². The molecular formula is C13H16F2N2O2. The number of anilines is 1. The molecule has 0 saturated carbocycles. The van der Waals surface area contributed by atoms with E-state index in [1.807, 2.05) is 20.8 Å². The van der Waals surface area contributed by atoms with Crippen LogP contribution in [0.15, 0.2) is 12.1 Å². The van der Waals surface area contributed by atoms with E-state index in [0.29, 0.717) is 0 Å². The molecule has 1 aliphatic rings. The quantitative estimate of drug-likeness (QED) is 0.839. The van der Waals surface area contributed by atoms with Crippen LogP contribution in [0, 0.1) is 23.7 Å². The van der Waals surface area contributed by atoms with Crippen LogP contribution in [-0.2, 0) is 9.53 Å². The number of nitrogens with zero attached hydrogens (tertiary/aromatic N) is 1. The molecule has 1 aromatic rings. The summed E-state index contributed by atoms with van der Waals surface area (Å²) in [6.07, 6.45) is -0.261. The molecule has 6 heteroatoms. The SMILES string of the molecule is CC1OC(C)C(C(=O)Nc2ccc(F)nc2F)C1C. The molecule has 0 radical (unpaired) electrons. The first-order chi connectivity index (χ1) is 8.90. The molecule has 4 nitrogen and oxygen atoms in total. The smallest absolute Gasteiger partial charge is 0.239 e. The van der Waals surface area contributed by atoms with Gasteiger partial charge in [-0.25, -0.2) is 0 Å². The molecule has 1 aliphatic heterocycles. The Kier molecular flexibility index (Phi) is 3.80. The lowest BCUT2D eigenvalue weighted by Crippen LogP contribution is -2.32. The first kappa shape index (κ1) is 13.9. The fourth-order valence-electron chi connectivity index (χ4n) is 2.44. The molecule has 0 aliphatic carbocycles. The average molecular weight is 270 g/mol. The van der Waals surface area contributed by atoms with Crippen molar-refractivity contribution in [1.29, 1.82) is 0 Å². The Morgan fingerprint density at radius 2 is 1.95 bits per heavy atom. The van der Waals surface area contributed by atoms with Crippen molar-refractivity contribution in [1.82, 2.24) is 4.98 Å². The van der Waals surface area contributed by atoms with Gasteiger partial charge in [0.15, 0.2) is 0 Å². The summed E-state index contributed by atoms with van der Waals surface area (Å²) in [7, 11) is 0. The van der Waals surface area contributed by atoms with E-state index in [2.05, 4.69) is 10.3 Å². The van der Waals surface area contributed by atoms with Gasteiger partial charge in [-0.1, -0.05) is 6.92 Å². The number of ether oxygens (including phenoxy) is 1. The number of amides is 1. The van der Waals surface area contributed by atoms with Gasteiger partial charge in [0.05, 0.1) is 23.8 Å². The molecule has 4 atom stereocenters. The summed E-state index contributed by atoms with van der Waals surface area (Å²) in [5, 5.41) is 2.44. The molecule has 2 rings (SSSR count). The van der Waals surface area contributed by atoms with E-state index < -0.39 is 11.9 Å². The fourth-order valence-corrected chi connectivity index (χ4v) is 2.44. The number of aromatic nitrogens is 1. The van der Waals surface area contributed by atoms with E-state index in [-0.39, 0.29) is 35.6 Å². The molecule has 1 amide bonds. The minimum atomic E-state index is -1.03. The highest BCUT2D eigenvalue weighted by molar-refractivity contribution is 5.93. The second kappa shape index (κ2) is 5.21. The van der Waals surface area contributed by atoms with Gasteiger partial charge in [0, 0.05) is 0 Å². The van der Waals surface area contributed by atoms with Gasteiger partial charge in [0.2, 0.25) is 17.8 Å². The third-order valence-electron chi connectivity index (χ3n) is 3.62. The zero-order valence-electron chi connectivity index (χ0n) is 11.0. The summed E-state index contributed by atoms with van der Waals surface area (Å²) in [5.41, 5.74) is -0.120. The van der Waals surface area contributed by atoms with E-state index >= 15 is 0 Å². The maximum Gasteiger partial charge on any atom is 0.239 e. The van der Waals surface area contributed by atoms with Crippen molar-refractivity contribution in [2.75, 3.05) is 5.32 Å². The van der Waals surface area contributed by atoms with E-state index in [0.717, 1.165) is 12.1 Å². The van der Waals surface area contributed by atoms with E-state index in [9.17, 15) is 13.6 Å². The lowest BCUT2D eigenvalue weighted by atomic mass is 9.89. The molecule has 1 aromatic heterocycles. The summed E-state index contributed by atoms with van der Waals surface area (Å²) in [4.78, 5) is 15.2. The number of hydrogen-bond donors (Lipinski definition) is 1. The number of hydrogen-bond acceptors (Lipinski definition) is 3. The number of halogens is 2. The standard InChI is InChI=1S/C13H16F2N2O2/c1-6-7(2)19-8(3)11(6)13(18)16-9-4-5-10(14)17-12(9)15/h4-8,11H,1-3H3,(H,16,18). The minimum Gasteiger partial charge on any atom is -0.374 e. The van der Waals surface area contributed by atoms with Gasteiger partial charge in [-0.05, 0) is 31.9 Å². The van der Waals surface area contributed by atoms with Gasteiger partial charge < -0.3 is 10.1 Å². The van der Waals surface area contributed by atoms with Crippen LogP contribution in [0.3, 0.4) is 0 Å². The Hall–Kier alpha value is -1.56.